The van der Waals surface area contributed by atoms with Gasteiger partial charge in [0, 0.05) is 11.8 Å². The van der Waals surface area contributed by atoms with E-state index in [0.29, 0.717) is 46.3 Å². The van der Waals surface area contributed by atoms with E-state index in [2.05, 4.69) is 5.32 Å². The fourth-order valence-electron chi connectivity index (χ4n) is 3.52. The monoisotopic (exact) mass is 475 g/mol. The molecule has 0 atom stereocenters. The van der Waals surface area contributed by atoms with E-state index < -0.39 is 0 Å². The number of phenolic OH excluding ortho intramolecular Hbond substituents is 1. The summed E-state index contributed by atoms with van der Waals surface area (Å²) in [5.74, 6) is 1.43. The topological polar surface area (TPSA) is 107 Å². The van der Waals surface area contributed by atoms with E-state index in [-0.39, 0.29) is 29.4 Å². The van der Waals surface area contributed by atoms with Crippen molar-refractivity contribution in [3.05, 3.63) is 82.2 Å². The van der Waals surface area contributed by atoms with Crippen molar-refractivity contribution in [3.8, 4) is 28.7 Å². The highest BCUT2D eigenvalue weighted by Crippen LogP contribution is 2.33. The Morgan fingerprint density at radius 1 is 1.00 bits per heavy atom. The molecule has 0 spiro atoms. The first-order chi connectivity index (χ1) is 16.9. The third-order valence-electron chi connectivity index (χ3n) is 5.20. The lowest BCUT2D eigenvalue weighted by Crippen LogP contribution is -2.20. The summed E-state index contributed by atoms with van der Waals surface area (Å²) >= 11 is 0. The van der Waals surface area contributed by atoms with Crippen LogP contribution in [-0.4, -0.2) is 24.2 Å². The highest BCUT2D eigenvalue weighted by Gasteiger charge is 2.17. The van der Waals surface area contributed by atoms with Gasteiger partial charge in [0.05, 0.1) is 12.0 Å². The van der Waals surface area contributed by atoms with Gasteiger partial charge < -0.3 is 29.1 Å². The Hall–Kier alpha value is -4.46. The van der Waals surface area contributed by atoms with Crippen LogP contribution in [0, 0.1) is 13.8 Å². The molecule has 0 aliphatic rings. The molecule has 2 N–H and O–H groups in total. The van der Waals surface area contributed by atoms with Gasteiger partial charge in [-0.25, -0.2) is 0 Å². The van der Waals surface area contributed by atoms with Crippen LogP contribution in [0.1, 0.15) is 18.2 Å². The molecule has 0 fully saturated rings. The zero-order valence-corrected chi connectivity index (χ0v) is 19.6. The quantitative estimate of drug-likeness (QED) is 0.332. The van der Waals surface area contributed by atoms with Gasteiger partial charge in [0.2, 0.25) is 11.2 Å². The molecule has 35 heavy (non-hydrogen) atoms. The van der Waals surface area contributed by atoms with E-state index in [1.165, 1.54) is 6.07 Å². The zero-order valence-electron chi connectivity index (χ0n) is 19.6. The average molecular weight is 475 g/mol. The Morgan fingerprint density at radius 2 is 1.77 bits per heavy atom. The van der Waals surface area contributed by atoms with Gasteiger partial charge in [0.15, 0.2) is 18.1 Å². The van der Waals surface area contributed by atoms with Crippen LogP contribution < -0.4 is 25.0 Å². The number of carbonyl (C=O) groups excluding carboxylic acids is 1. The van der Waals surface area contributed by atoms with E-state index in [4.69, 9.17) is 18.6 Å². The van der Waals surface area contributed by atoms with Gasteiger partial charge in [-0.05, 0) is 68.8 Å². The van der Waals surface area contributed by atoms with Gasteiger partial charge in [-0.2, -0.15) is 0 Å². The summed E-state index contributed by atoms with van der Waals surface area (Å²) in [4.78, 5) is 25.4. The molecule has 8 nitrogen and oxygen atoms in total. The van der Waals surface area contributed by atoms with Crippen LogP contribution in [0.15, 0.2) is 69.9 Å². The maximum atomic E-state index is 13.1. The lowest BCUT2D eigenvalue weighted by atomic mass is 10.2. The third-order valence-corrected chi connectivity index (χ3v) is 5.20. The molecule has 0 unspecified atom stereocenters. The highest BCUT2D eigenvalue weighted by molar-refractivity contribution is 5.92. The second-order valence-electron chi connectivity index (χ2n) is 7.79. The van der Waals surface area contributed by atoms with Gasteiger partial charge in [-0.15, -0.1) is 0 Å². The number of anilines is 1. The first-order valence-electron chi connectivity index (χ1n) is 11.0. The Balaban J connectivity index is 1.51. The molecule has 0 saturated carbocycles. The summed E-state index contributed by atoms with van der Waals surface area (Å²) in [5.41, 5.74) is 1.28. The number of fused-ring (bicyclic) bond motifs is 1. The molecule has 1 amide bonds. The number of hydrogen-bond acceptors (Lipinski definition) is 7. The van der Waals surface area contributed by atoms with Crippen molar-refractivity contribution in [2.24, 2.45) is 0 Å². The number of carbonyl (C=O) groups is 1. The molecule has 8 heteroatoms. The summed E-state index contributed by atoms with van der Waals surface area (Å²) in [6.07, 6.45) is 0. The number of hydrogen-bond donors (Lipinski definition) is 2. The molecule has 0 aliphatic heterocycles. The van der Waals surface area contributed by atoms with Crippen LogP contribution in [0.25, 0.3) is 11.0 Å². The minimum atomic E-state index is -0.367. The van der Waals surface area contributed by atoms with Gasteiger partial charge in [-0.3, -0.25) is 9.59 Å². The van der Waals surface area contributed by atoms with Gasteiger partial charge >= 0.3 is 0 Å². The van der Waals surface area contributed by atoms with Gasteiger partial charge in [0.25, 0.3) is 5.91 Å². The van der Waals surface area contributed by atoms with Gasteiger partial charge in [-0.1, -0.05) is 12.1 Å². The van der Waals surface area contributed by atoms with Crippen molar-refractivity contribution < 1.29 is 28.5 Å². The Labute approximate surface area is 201 Å². The molecule has 4 rings (SSSR count). The molecule has 0 radical (unpaired) electrons. The number of amides is 1. The predicted molar refractivity (Wildman–Crippen MR) is 132 cm³/mol. The van der Waals surface area contributed by atoms with Crippen LogP contribution in [0.2, 0.25) is 0 Å². The number of aromatic hydroxyl groups is 1. The number of rotatable bonds is 8. The molecule has 3 aromatic carbocycles. The second-order valence-corrected chi connectivity index (χ2v) is 7.79. The third kappa shape index (κ3) is 5.38. The van der Waals surface area contributed by atoms with E-state index in [1.807, 2.05) is 13.0 Å². The molecular weight excluding hydrogens is 450 g/mol. The summed E-state index contributed by atoms with van der Waals surface area (Å²) < 4.78 is 22.9. The number of phenols is 1. The van der Waals surface area contributed by atoms with E-state index >= 15 is 0 Å². The standard InChI is InChI=1S/C27H25NO7/c1-4-32-22-7-5-6-8-23(22)35-27-17(3)34-24-14-19(10-11-20(24)26(27)31)33-15-25(30)28-21-12-9-18(29)13-16(21)2/h5-14,29H,4,15H2,1-3H3,(H,28,30). The number of ether oxygens (including phenoxy) is 3. The molecule has 180 valence electrons. The smallest absolute Gasteiger partial charge is 0.262 e. The normalized spacial score (nSPS) is 10.7. The van der Waals surface area contributed by atoms with Crippen LogP contribution in [0.4, 0.5) is 5.69 Å². The Morgan fingerprint density at radius 3 is 2.51 bits per heavy atom. The highest BCUT2D eigenvalue weighted by atomic mass is 16.5. The first kappa shape index (κ1) is 23.7. The van der Waals surface area contributed by atoms with E-state index in [0.717, 1.165) is 5.56 Å². The zero-order chi connectivity index (χ0) is 24.9. The van der Waals surface area contributed by atoms with Crippen LogP contribution >= 0.6 is 0 Å². The number of benzene rings is 3. The van der Waals surface area contributed by atoms with Crippen molar-refractivity contribution in [1.82, 2.24) is 0 Å². The lowest BCUT2D eigenvalue weighted by Gasteiger charge is -2.13. The fourth-order valence-corrected chi connectivity index (χ4v) is 3.52. The molecule has 0 saturated heterocycles. The van der Waals surface area contributed by atoms with Crippen molar-refractivity contribution >= 4 is 22.6 Å². The fraction of sp³-hybridized carbons (Fsp3) is 0.185. The Bertz CT molecular complexity index is 1440. The van der Waals surface area contributed by atoms with Crippen molar-refractivity contribution in [1.29, 1.82) is 0 Å². The average Bonchev–Trinajstić information content (AvgIpc) is 2.83. The second kappa shape index (κ2) is 10.2. The molecular formula is C27H25NO7. The van der Waals surface area contributed by atoms with Crippen LogP contribution in [0.3, 0.4) is 0 Å². The summed E-state index contributed by atoms with van der Waals surface area (Å²) in [7, 11) is 0. The number of para-hydroxylation sites is 2. The predicted octanol–water partition coefficient (Wildman–Crippen LogP) is 5.32. The summed E-state index contributed by atoms with van der Waals surface area (Å²) in [6, 6.07) is 16.5. The molecule has 1 aromatic heterocycles. The molecule has 0 bridgehead atoms. The van der Waals surface area contributed by atoms with Crippen molar-refractivity contribution in [3.63, 3.8) is 0 Å². The lowest BCUT2D eigenvalue weighted by molar-refractivity contribution is -0.118. The van der Waals surface area contributed by atoms with Crippen molar-refractivity contribution in [2.75, 3.05) is 18.5 Å². The number of aryl methyl sites for hydroxylation is 2. The van der Waals surface area contributed by atoms with Crippen LogP contribution in [0.5, 0.6) is 28.7 Å². The minimum absolute atomic E-state index is 0.0713. The van der Waals surface area contributed by atoms with Crippen LogP contribution in [-0.2, 0) is 4.79 Å². The minimum Gasteiger partial charge on any atom is -0.508 e. The molecule has 0 aliphatic carbocycles. The SMILES string of the molecule is CCOc1ccccc1Oc1c(C)oc2cc(OCC(=O)Nc3ccc(O)cc3C)ccc2c1=O. The summed E-state index contributed by atoms with van der Waals surface area (Å²) in [5, 5.41) is 12.5. The first-order valence-corrected chi connectivity index (χ1v) is 11.0. The van der Waals surface area contributed by atoms with E-state index in [1.54, 1.807) is 62.4 Å². The Kier molecular flexibility index (Phi) is 6.91. The van der Waals surface area contributed by atoms with Gasteiger partial charge in [0.1, 0.15) is 22.8 Å². The number of nitrogens with one attached hydrogen (secondary N) is 1. The van der Waals surface area contributed by atoms with Crippen molar-refractivity contribution in [2.45, 2.75) is 20.8 Å². The molecule has 1 heterocycles. The molecule has 4 aromatic rings. The largest absolute Gasteiger partial charge is 0.508 e. The van der Waals surface area contributed by atoms with E-state index in [9.17, 15) is 14.7 Å². The summed E-state index contributed by atoms with van der Waals surface area (Å²) in [6.45, 7) is 5.49. The maximum absolute atomic E-state index is 13.1. The maximum Gasteiger partial charge on any atom is 0.262 e.